The second-order valence-corrected chi connectivity index (χ2v) is 8.07. The molecule has 2 aromatic rings. The van der Waals surface area contributed by atoms with Gasteiger partial charge in [-0.1, -0.05) is 49.7 Å². The van der Waals surface area contributed by atoms with E-state index in [1.807, 2.05) is 24.3 Å². The van der Waals surface area contributed by atoms with Gasteiger partial charge in [0.15, 0.2) is 0 Å². The second kappa shape index (κ2) is 9.79. The summed E-state index contributed by atoms with van der Waals surface area (Å²) in [4.78, 5) is 16.2. The summed E-state index contributed by atoms with van der Waals surface area (Å²) in [6, 6.07) is 16.4. The lowest BCUT2D eigenvalue weighted by Gasteiger charge is -2.26. The first kappa shape index (κ1) is 19.0. The smallest absolute Gasteiger partial charge is 0.252 e. The fraction of sp³-hybridized carbons (Fsp3) is 0.409. The average Bonchev–Trinajstić information content (AvgIpc) is 2.68. The Hall–Kier alpha value is -1.78. The molecule has 1 fully saturated rings. The molecule has 0 saturated carbocycles. The average molecular weight is 369 g/mol. The van der Waals surface area contributed by atoms with Crippen molar-refractivity contribution in [2.75, 3.05) is 18.8 Å². The number of rotatable bonds is 7. The zero-order valence-corrected chi connectivity index (χ0v) is 16.4. The standard InChI is InChI=1S/C22H28N2OS/c1-2-26-21-12-5-4-11-20(21)22(25)23-16-18-9-8-10-19(15-18)17-24-13-6-3-7-14-24/h4-5,8-12,15H,2-3,6-7,13-14,16-17H2,1H3,(H,23,25). The lowest BCUT2D eigenvalue weighted by molar-refractivity contribution is 0.0948. The molecule has 1 aliphatic rings. The molecule has 1 heterocycles. The minimum atomic E-state index is 0.00276. The van der Waals surface area contributed by atoms with Crippen LogP contribution in [0.5, 0.6) is 0 Å². The van der Waals surface area contributed by atoms with Crippen LogP contribution in [-0.2, 0) is 13.1 Å². The lowest BCUT2D eigenvalue weighted by Crippen LogP contribution is -2.29. The molecule has 1 N–H and O–H groups in total. The lowest BCUT2D eigenvalue weighted by atomic mass is 10.1. The van der Waals surface area contributed by atoms with Gasteiger partial charge in [0.1, 0.15) is 0 Å². The Kier molecular flexibility index (Phi) is 7.15. The molecule has 138 valence electrons. The third-order valence-corrected chi connectivity index (χ3v) is 5.69. The number of thioether (sulfide) groups is 1. The number of nitrogens with zero attached hydrogens (tertiary/aromatic N) is 1. The summed E-state index contributed by atoms with van der Waals surface area (Å²) < 4.78 is 0. The first-order chi connectivity index (χ1) is 12.8. The van der Waals surface area contributed by atoms with Gasteiger partial charge in [-0.3, -0.25) is 9.69 Å². The third-order valence-electron chi connectivity index (χ3n) is 4.73. The number of carbonyl (C=O) groups excluding carboxylic acids is 1. The van der Waals surface area contributed by atoms with Crippen LogP contribution in [0.25, 0.3) is 0 Å². The maximum absolute atomic E-state index is 12.6. The van der Waals surface area contributed by atoms with Gasteiger partial charge in [-0.25, -0.2) is 0 Å². The molecule has 3 rings (SSSR count). The van der Waals surface area contributed by atoms with Gasteiger partial charge in [-0.05, 0) is 54.9 Å². The normalized spacial score (nSPS) is 15.0. The van der Waals surface area contributed by atoms with E-state index in [2.05, 4.69) is 41.4 Å². The number of benzene rings is 2. The summed E-state index contributed by atoms with van der Waals surface area (Å²) in [5, 5.41) is 3.08. The maximum atomic E-state index is 12.6. The number of hydrogen-bond donors (Lipinski definition) is 1. The highest BCUT2D eigenvalue weighted by Crippen LogP contribution is 2.22. The predicted octanol–water partition coefficient (Wildman–Crippen LogP) is 4.71. The Morgan fingerprint density at radius 3 is 2.62 bits per heavy atom. The monoisotopic (exact) mass is 368 g/mol. The fourth-order valence-electron chi connectivity index (χ4n) is 3.43. The SMILES string of the molecule is CCSc1ccccc1C(=O)NCc1cccc(CN2CCCCC2)c1. The van der Waals surface area contributed by atoms with Gasteiger partial charge in [0.25, 0.3) is 5.91 Å². The molecule has 0 bridgehead atoms. The summed E-state index contributed by atoms with van der Waals surface area (Å²) in [6.07, 6.45) is 3.98. The molecule has 1 aliphatic heterocycles. The minimum absolute atomic E-state index is 0.00276. The highest BCUT2D eigenvalue weighted by molar-refractivity contribution is 7.99. The Morgan fingerprint density at radius 1 is 1.04 bits per heavy atom. The van der Waals surface area contributed by atoms with Gasteiger partial charge >= 0.3 is 0 Å². The molecule has 3 nitrogen and oxygen atoms in total. The van der Waals surface area contributed by atoms with Crippen molar-refractivity contribution < 1.29 is 4.79 Å². The number of likely N-dealkylation sites (tertiary alicyclic amines) is 1. The van der Waals surface area contributed by atoms with Crippen LogP contribution >= 0.6 is 11.8 Å². The molecule has 1 saturated heterocycles. The third kappa shape index (κ3) is 5.36. The van der Waals surface area contributed by atoms with Crippen LogP contribution in [0, 0.1) is 0 Å². The zero-order valence-electron chi connectivity index (χ0n) is 15.5. The van der Waals surface area contributed by atoms with Crippen LogP contribution in [0.15, 0.2) is 53.4 Å². The van der Waals surface area contributed by atoms with E-state index in [1.54, 1.807) is 11.8 Å². The molecule has 26 heavy (non-hydrogen) atoms. The Morgan fingerprint density at radius 2 is 1.81 bits per heavy atom. The van der Waals surface area contributed by atoms with Crippen molar-refractivity contribution in [3.05, 3.63) is 65.2 Å². The van der Waals surface area contributed by atoms with Gasteiger partial charge in [0, 0.05) is 18.0 Å². The molecule has 4 heteroatoms. The molecule has 0 radical (unpaired) electrons. The van der Waals surface area contributed by atoms with Crippen LogP contribution in [-0.4, -0.2) is 29.6 Å². The van der Waals surface area contributed by atoms with Crippen molar-refractivity contribution in [2.45, 2.75) is 44.2 Å². The minimum Gasteiger partial charge on any atom is -0.348 e. The molecule has 0 atom stereocenters. The van der Waals surface area contributed by atoms with E-state index in [0.29, 0.717) is 6.54 Å². The van der Waals surface area contributed by atoms with Crippen molar-refractivity contribution in [3.63, 3.8) is 0 Å². The van der Waals surface area contributed by atoms with E-state index >= 15 is 0 Å². The highest BCUT2D eigenvalue weighted by Gasteiger charge is 2.12. The molecular formula is C22H28N2OS. The van der Waals surface area contributed by atoms with Crippen LogP contribution in [0.3, 0.4) is 0 Å². The summed E-state index contributed by atoms with van der Waals surface area (Å²) in [5.41, 5.74) is 3.26. The number of nitrogens with one attached hydrogen (secondary N) is 1. The van der Waals surface area contributed by atoms with Crippen molar-refractivity contribution in [1.82, 2.24) is 10.2 Å². The van der Waals surface area contributed by atoms with E-state index in [0.717, 1.165) is 28.3 Å². The van der Waals surface area contributed by atoms with Gasteiger partial charge in [0.2, 0.25) is 0 Å². The van der Waals surface area contributed by atoms with E-state index in [1.165, 1.54) is 37.9 Å². The van der Waals surface area contributed by atoms with E-state index in [-0.39, 0.29) is 5.91 Å². The van der Waals surface area contributed by atoms with Crippen LogP contribution < -0.4 is 5.32 Å². The topological polar surface area (TPSA) is 32.3 Å². The van der Waals surface area contributed by atoms with Gasteiger partial charge in [0.05, 0.1) is 5.56 Å². The summed E-state index contributed by atoms with van der Waals surface area (Å²) in [6.45, 7) is 6.09. The Labute approximate surface area is 161 Å². The van der Waals surface area contributed by atoms with Crippen molar-refractivity contribution >= 4 is 17.7 Å². The van der Waals surface area contributed by atoms with Crippen LogP contribution in [0.4, 0.5) is 0 Å². The van der Waals surface area contributed by atoms with E-state index in [4.69, 9.17) is 0 Å². The molecule has 2 aromatic carbocycles. The molecule has 0 aliphatic carbocycles. The van der Waals surface area contributed by atoms with Crippen molar-refractivity contribution in [3.8, 4) is 0 Å². The van der Waals surface area contributed by atoms with Crippen LogP contribution in [0.1, 0.15) is 47.7 Å². The van der Waals surface area contributed by atoms with Crippen molar-refractivity contribution in [1.29, 1.82) is 0 Å². The van der Waals surface area contributed by atoms with Crippen LogP contribution in [0.2, 0.25) is 0 Å². The number of piperidine rings is 1. The largest absolute Gasteiger partial charge is 0.348 e. The number of hydrogen-bond acceptors (Lipinski definition) is 3. The predicted molar refractivity (Wildman–Crippen MR) is 110 cm³/mol. The molecule has 0 aromatic heterocycles. The van der Waals surface area contributed by atoms with Gasteiger partial charge in [-0.15, -0.1) is 11.8 Å². The summed E-state index contributed by atoms with van der Waals surface area (Å²) in [7, 11) is 0. The van der Waals surface area contributed by atoms with E-state index < -0.39 is 0 Å². The van der Waals surface area contributed by atoms with E-state index in [9.17, 15) is 4.79 Å². The van der Waals surface area contributed by atoms with Crippen molar-refractivity contribution in [2.24, 2.45) is 0 Å². The fourth-order valence-corrected chi connectivity index (χ4v) is 4.23. The zero-order chi connectivity index (χ0) is 18.2. The summed E-state index contributed by atoms with van der Waals surface area (Å²) in [5.74, 6) is 0.964. The molecule has 0 unspecified atom stereocenters. The number of amides is 1. The first-order valence-corrected chi connectivity index (χ1v) is 10.5. The van der Waals surface area contributed by atoms with Gasteiger partial charge < -0.3 is 5.32 Å². The highest BCUT2D eigenvalue weighted by atomic mass is 32.2. The molecule has 1 amide bonds. The van der Waals surface area contributed by atoms with Gasteiger partial charge in [-0.2, -0.15) is 0 Å². The first-order valence-electron chi connectivity index (χ1n) is 9.56. The Balaban J connectivity index is 1.59. The molecular weight excluding hydrogens is 340 g/mol. The summed E-state index contributed by atoms with van der Waals surface area (Å²) >= 11 is 1.71. The maximum Gasteiger partial charge on any atom is 0.252 e. The Bertz CT molecular complexity index is 726. The molecule has 0 spiro atoms. The second-order valence-electron chi connectivity index (χ2n) is 6.77. The number of carbonyl (C=O) groups is 1. The quantitative estimate of drug-likeness (QED) is 0.718.